The van der Waals surface area contributed by atoms with E-state index in [2.05, 4.69) is 16.7 Å². The van der Waals surface area contributed by atoms with Crippen molar-refractivity contribution in [3.8, 4) is 11.5 Å². The second kappa shape index (κ2) is 11.6. The van der Waals surface area contributed by atoms with Crippen molar-refractivity contribution in [1.82, 2.24) is 0 Å². The normalized spacial score (nSPS) is 11.4. The number of methoxy groups -OCH3 is 2. The lowest BCUT2D eigenvalue weighted by atomic mass is 10.1. The summed E-state index contributed by atoms with van der Waals surface area (Å²) in [6, 6.07) is 18.5. The number of carbonyl (C=O) groups is 2. The summed E-state index contributed by atoms with van der Waals surface area (Å²) in [5.74, 6) is 0.738. The molecule has 2 amide bonds. The number of hydrogen-bond acceptors (Lipinski definition) is 5. The average Bonchev–Trinajstić information content (AvgIpc) is 2.81. The van der Waals surface area contributed by atoms with Crippen LogP contribution in [0.3, 0.4) is 0 Å². The van der Waals surface area contributed by atoms with Gasteiger partial charge in [-0.1, -0.05) is 19.1 Å². The van der Waals surface area contributed by atoms with E-state index in [1.165, 1.54) is 18.9 Å². The Hall–Kier alpha value is -3.45. The minimum Gasteiger partial charge on any atom is -0.493 e. The van der Waals surface area contributed by atoms with Gasteiger partial charge >= 0.3 is 0 Å². The van der Waals surface area contributed by atoms with Crippen LogP contribution in [0.4, 0.5) is 11.4 Å². The fraction of sp³-hybridized carbons (Fsp3) is 0.259. The van der Waals surface area contributed by atoms with E-state index in [9.17, 15) is 9.59 Å². The van der Waals surface area contributed by atoms with Crippen molar-refractivity contribution in [2.75, 3.05) is 24.9 Å². The van der Waals surface area contributed by atoms with Crippen LogP contribution in [-0.2, 0) is 4.79 Å². The fourth-order valence-corrected chi connectivity index (χ4v) is 4.60. The van der Waals surface area contributed by atoms with Crippen LogP contribution in [-0.4, -0.2) is 31.3 Å². The van der Waals surface area contributed by atoms with Crippen LogP contribution in [0.5, 0.6) is 11.5 Å². The van der Waals surface area contributed by atoms with Gasteiger partial charge in [0.05, 0.1) is 19.5 Å². The number of rotatable bonds is 9. The van der Waals surface area contributed by atoms with E-state index in [0.29, 0.717) is 29.2 Å². The van der Waals surface area contributed by atoms with Gasteiger partial charge in [0.15, 0.2) is 11.5 Å². The Morgan fingerprint density at radius 2 is 1.56 bits per heavy atom. The molecule has 1 atom stereocenters. The molecule has 0 aliphatic rings. The summed E-state index contributed by atoms with van der Waals surface area (Å²) < 4.78 is 10.5. The molecule has 3 rings (SSSR count). The lowest BCUT2D eigenvalue weighted by Gasteiger charge is -2.16. The summed E-state index contributed by atoms with van der Waals surface area (Å²) in [6.07, 6.45) is 0.670. The minimum absolute atomic E-state index is 0.0442. The Kier molecular flexibility index (Phi) is 8.60. The zero-order chi connectivity index (χ0) is 24.7. The summed E-state index contributed by atoms with van der Waals surface area (Å²) in [5.41, 5.74) is 4.12. The average molecular weight is 479 g/mol. The summed E-state index contributed by atoms with van der Waals surface area (Å²) in [7, 11) is 3.08. The van der Waals surface area contributed by atoms with Crippen LogP contribution in [0.2, 0.25) is 0 Å². The number of thioether (sulfide) groups is 1. The third-order valence-corrected chi connectivity index (χ3v) is 6.53. The molecule has 3 aromatic rings. The first-order chi connectivity index (χ1) is 16.3. The highest BCUT2D eigenvalue weighted by molar-refractivity contribution is 8.00. The Morgan fingerprint density at radius 1 is 0.853 bits per heavy atom. The van der Waals surface area contributed by atoms with E-state index in [4.69, 9.17) is 9.47 Å². The highest BCUT2D eigenvalue weighted by Crippen LogP contribution is 2.30. The van der Waals surface area contributed by atoms with E-state index in [1.54, 1.807) is 25.3 Å². The smallest absolute Gasteiger partial charge is 0.255 e. The summed E-state index contributed by atoms with van der Waals surface area (Å²) in [6.45, 7) is 6.01. The predicted molar refractivity (Wildman–Crippen MR) is 138 cm³/mol. The molecule has 34 heavy (non-hydrogen) atoms. The number of ether oxygens (including phenoxy) is 2. The van der Waals surface area contributed by atoms with Gasteiger partial charge in [-0.15, -0.1) is 11.8 Å². The molecular formula is C27H30N2O4S. The Labute approximate surface area is 205 Å². The van der Waals surface area contributed by atoms with E-state index < -0.39 is 0 Å². The fourth-order valence-electron chi connectivity index (χ4n) is 3.58. The van der Waals surface area contributed by atoms with Crippen LogP contribution >= 0.6 is 11.8 Å². The molecule has 3 aromatic carbocycles. The van der Waals surface area contributed by atoms with Crippen molar-refractivity contribution in [1.29, 1.82) is 0 Å². The first-order valence-electron chi connectivity index (χ1n) is 11.0. The van der Waals surface area contributed by atoms with E-state index >= 15 is 0 Å². The molecule has 2 N–H and O–H groups in total. The van der Waals surface area contributed by atoms with Gasteiger partial charge in [-0.2, -0.15) is 0 Å². The van der Waals surface area contributed by atoms with E-state index in [0.717, 1.165) is 21.7 Å². The van der Waals surface area contributed by atoms with Crippen molar-refractivity contribution in [2.24, 2.45) is 0 Å². The molecule has 1 unspecified atom stereocenters. The van der Waals surface area contributed by atoms with Gasteiger partial charge in [0, 0.05) is 21.8 Å². The zero-order valence-corrected chi connectivity index (χ0v) is 20.9. The van der Waals surface area contributed by atoms with E-state index in [-0.39, 0.29) is 17.1 Å². The third-order valence-electron chi connectivity index (χ3n) is 5.17. The van der Waals surface area contributed by atoms with Crippen molar-refractivity contribution < 1.29 is 19.1 Å². The first-order valence-corrected chi connectivity index (χ1v) is 11.9. The number of amides is 2. The molecule has 0 aliphatic heterocycles. The number of nitrogens with one attached hydrogen (secondary N) is 2. The molecule has 0 fully saturated rings. The highest BCUT2D eigenvalue weighted by atomic mass is 32.2. The van der Waals surface area contributed by atoms with Crippen molar-refractivity contribution in [3.05, 3.63) is 77.4 Å². The molecule has 0 aliphatic carbocycles. The van der Waals surface area contributed by atoms with Crippen molar-refractivity contribution in [3.63, 3.8) is 0 Å². The van der Waals surface area contributed by atoms with Gasteiger partial charge in [-0.25, -0.2) is 0 Å². The maximum atomic E-state index is 12.9. The maximum Gasteiger partial charge on any atom is 0.255 e. The molecule has 0 aromatic heterocycles. The van der Waals surface area contributed by atoms with Crippen molar-refractivity contribution in [2.45, 2.75) is 37.3 Å². The quantitative estimate of drug-likeness (QED) is 0.364. The number of anilines is 2. The monoisotopic (exact) mass is 478 g/mol. The minimum atomic E-state index is -0.266. The van der Waals surface area contributed by atoms with Crippen LogP contribution in [0.15, 0.2) is 65.6 Å². The van der Waals surface area contributed by atoms with Crippen LogP contribution in [0.25, 0.3) is 0 Å². The molecule has 0 saturated carbocycles. The van der Waals surface area contributed by atoms with Crippen LogP contribution in [0.1, 0.15) is 34.8 Å². The van der Waals surface area contributed by atoms with E-state index in [1.807, 2.05) is 57.2 Å². The van der Waals surface area contributed by atoms with Gasteiger partial charge in [0.2, 0.25) is 5.91 Å². The van der Waals surface area contributed by atoms with Crippen LogP contribution < -0.4 is 20.1 Å². The molecule has 0 radical (unpaired) electrons. The predicted octanol–water partition coefficient (Wildman–Crippen LogP) is 6.08. The van der Waals surface area contributed by atoms with Crippen molar-refractivity contribution >= 4 is 35.0 Å². The summed E-state index contributed by atoms with van der Waals surface area (Å²) in [5, 5.41) is 5.68. The Balaban J connectivity index is 1.69. The number of benzene rings is 3. The molecule has 0 heterocycles. The maximum absolute atomic E-state index is 12.9. The number of carbonyl (C=O) groups excluding carboxylic acids is 2. The summed E-state index contributed by atoms with van der Waals surface area (Å²) in [4.78, 5) is 26.6. The third kappa shape index (κ3) is 6.54. The molecule has 0 spiro atoms. The van der Waals surface area contributed by atoms with Gasteiger partial charge in [-0.3, -0.25) is 9.59 Å². The molecule has 0 saturated heterocycles. The molecule has 178 valence electrons. The van der Waals surface area contributed by atoms with Gasteiger partial charge in [0.25, 0.3) is 5.91 Å². The lowest BCUT2D eigenvalue weighted by molar-refractivity contribution is -0.115. The zero-order valence-electron chi connectivity index (χ0n) is 20.1. The lowest BCUT2D eigenvalue weighted by Crippen LogP contribution is -2.24. The Morgan fingerprint density at radius 3 is 2.21 bits per heavy atom. The number of aryl methyl sites for hydroxylation is 2. The molecule has 0 bridgehead atoms. The first kappa shape index (κ1) is 25.2. The molecular weight excluding hydrogens is 448 g/mol. The SMILES string of the molecule is CCC(Sc1cccc(NC(=O)c2ccc(OC)c(OC)c2)c1)C(=O)Nc1cc(C)cc(C)c1. The van der Waals surface area contributed by atoms with Gasteiger partial charge in [0.1, 0.15) is 0 Å². The van der Waals surface area contributed by atoms with Crippen LogP contribution in [0, 0.1) is 13.8 Å². The second-order valence-electron chi connectivity index (χ2n) is 7.93. The van der Waals surface area contributed by atoms with Gasteiger partial charge < -0.3 is 20.1 Å². The largest absolute Gasteiger partial charge is 0.493 e. The molecule has 6 nitrogen and oxygen atoms in total. The topological polar surface area (TPSA) is 76.7 Å². The number of hydrogen-bond donors (Lipinski definition) is 2. The highest BCUT2D eigenvalue weighted by Gasteiger charge is 2.19. The molecule has 7 heteroatoms. The standard InChI is InChI=1S/C27H30N2O4S/c1-6-25(27(31)29-21-13-17(2)12-18(3)14-21)34-22-9-7-8-20(16-22)28-26(30)19-10-11-23(32-4)24(15-19)33-5/h7-16,25H,6H2,1-5H3,(H,28,30)(H,29,31). The Bertz CT molecular complexity index is 1160. The van der Waals surface area contributed by atoms with Gasteiger partial charge in [-0.05, 0) is 79.9 Å². The second-order valence-corrected chi connectivity index (χ2v) is 9.21. The summed E-state index contributed by atoms with van der Waals surface area (Å²) >= 11 is 1.47.